The van der Waals surface area contributed by atoms with Gasteiger partial charge < -0.3 is 10.3 Å². The lowest BCUT2D eigenvalue weighted by Crippen LogP contribution is -2.15. The van der Waals surface area contributed by atoms with E-state index in [-0.39, 0.29) is 6.04 Å². The van der Waals surface area contributed by atoms with Gasteiger partial charge in [-0.1, -0.05) is 48.8 Å². The van der Waals surface area contributed by atoms with Crippen LogP contribution in [0.3, 0.4) is 0 Å². The Balaban J connectivity index is 2.26. The second-order valence-electron chi connectivity index (χ2n) is 4.75. The minimum atomic E-state index is -0.0956. The number of rotatable bonds is 3. The topological polar surface area (TPSA) is 52.0 Å². The van der Waals surface area contributed by atoms with Crippen molar-refractivity contribution in [2.75, 3.05) is 0 Å². The van der Waals surface area contributed by atoms with Gasteiger partial charge in [0.1, 0.15) is 5.69 Å². The molecule has 0 aliphatic carbocycles. The van der Waals surface area contributed by atoms with Crippen molar-refractivity contribution in [3.63, 3.8) is 0 Å². The predicted molar refractivity (Wildman–Crippen MR) is 68.4 cm³/mol. The Kier molecular flexibility index (Phi) is 3.29. The lowest BCUT2D eigenvalue weighted by Gasteiger charge is -2.10. The van der Waals surface area contributed by atoms with Crippen LogP contribution in [0.15, 0.2) is 34.9 Å². The molecule has 0 saturated heterocycles. The Labute approximate surface area is 102 Å². The molecule has 0 amide bonds. The van der Waals surface area contributed by atoms with Gasteiger partial charge in [-0.15, -0.1) is 0 Å². The molecule has 2 aromatic rings. The van der Waals surface area contributed by atoms with Gasteiger partial charge in [0.25, 0.3) is 0 Å². The summed E-state index contributed by atoms with van der Waals surface area (Å²) in [7, 11) is 0. The smallest absolute Gasteiger partial charge is 0.154 e. The third-order valence-corrected chi connectivity index (χ3v) is 2.92. The lowest BCUT2D eigenvalue weighted by atomic mass is 10.0. The molecule has 2 rings (SSSR count). The zero-order valence-corrected chi connectivity index (χ0v) is 10.5. The van der Waals surface area contributed by atoms with Crippen LogP contribution in [0.2, 0.25) is 0 Å². The van der Waals surface area contributed by atoms with Gasteiger partial charge in [-0.25, -0.2) is 0 Å². The number of hydrogen-bond donors (Lipinski definition) is 1. The van der Waals surface area contributed by atoms with E-state index in [0.717, 1.165) is 17.0 Å². The first-order chi connectivity index (χ1) is 8.08. The van der Waals surface area contributed by atoms with E-state index in [2.05, 4.69) is 38.1 Å². The van der Waals surface area contributed by atoms with Gasteiger partial charge in [0.05, 0.1) is 6.04 Å². The molecule has 1 atom stereocenters. The molecular weight excluding hydrogens is 212 g/mol. The first-order valence-corrected chi connectivity index (χ1v) is 5.87. The molecule has 0 radical (unpaired) electrons. The van der Waals surface area contributed by atoms with Gasteiger partial charge in [-0.05, 0) is 12.8 Å². The zero-order valence-electron chi connectivity index (χ0n) is 10.5. The van der Waals surface area contributed by atoms with E-state index in [1.165, 1.54) is 5.56 Å². The number of nitrogens with two attached hydrogens (primary N) is 1. The largest absolute Gasteiger partial charge is 0.359 e. The van der Waals surface area contributed by atoms with Crippen molar-refractivity contribution in [2.24, 2.45) is 11.7 Å². The van der Waals surface area contributed by atoms with Crippen LogP contribution in [-0.4, -0.2) is 5.16 Å². The molecule has 1 aromatic carbocycles. The average molecular weight is 230 g/mol. The average Bonchev–Trinajstić information content (AvgIpc) is 2.78. The third-order valence-electron chi connectivity index (χ3n) is 2.92. The highest BCUT2D eigenvalue weighted by atomic mass is 16.5. The SMILES string of the molecule is Cc1ccc(-c2cc(C(N)C(C)C)on2)cc1. The maximum Gasteiger partial charge on any atom is 0.154 e. The molecule has 0 bridgehead atoms. The van der Waals surface area contributed by atoms with Crippen LogP contribution in [0.5, 0.6) is 0 Å². The molecular formula is C14H18N2O. The molecule has 3 nitrogen and oxygen atoms in total. The van der Waals surface area contributed by atoms with E-state index in [4.69, 9.17) is 10.3 Å². The highest BCUT2D eigenvalue weighted by Crippen LogP contribution is 2.25. The van der Waals surface area contributed by atoms with E-state index in [1.54, 1.807) is 0 Å². The minimum Gasteiger partial charge on any atom is -0.359 e. The molecule has 90 valence electrons. The molecule has 0 spiro atoms. The van der Waals surface area contributed by atoms with Crippen molar-refractivity contribution >= 4 is 0 Å². The fourth-order valence-electron chi connectivity index (χ4n) is 1.64. The quantitative estimate of drug-likeness (QED) is 0.880. The maximum absolute atomic E-state index is 6.02. The van der Waals surface area contributed by atoms with Crippen molar-refractivity contribution in [1.82, 2.24) is 5.16 Å². The number of hydrogen-bond acceptors (Lipinski definition) is 3. The Morgan fingerprint density at radius 3 is 2.41 bits per heavy atom. The molecule has 1 heterocycles. The van der Waals surface area contributed by atoms with Crippen LogP contribution in [0.25, 0.3) is 11.3 Å². The van der Waals surface area contributed by atoms with E-state index < -0.39 is 0 Å². The van der Waals surface area contributed by atoms with Gasteiger partial charge in [-0.3, -0.25) is 0 Å². The van der Waals surface area contributed by atoms with Crippen LogP contribution < -0.4 is 5.73 Å². The number of nitrogens with zero attached hydrogens (tertiary/aromatic N) is 1. The van der Waals surface area contributed by atoms with Crippen molar-refractivity contribution < 1.29 is 4.52 Å². The number of benzene rings is 1. The summed E-state index contributed by atoms with van der Waals surface area (Å²) in [5.41, 5.74) is 9.15. The number of aryl methyl sites for hydroxylation is 1. The van der Waals surface area contributed by atoms with Gasteiger partial charge in [0.2, 0.25) is 0 Å². The van der Waals surface area contributed by atoms with Gasteiger partial charge in [-0.2, -0.15) is 0 Å². The Hall–Kier alpha value is -1.61. The fourth-order valence-corrected chi connectivity index (χ4v) is 1.64. The van der Waals surface area contributed by atoms with Crippen LogP contribution in [0, 0.1) is 12.8 Å². The molecule has 0 fully saturated rings. The summed E-state index contributed by atoms with van der Waals surface area (Å²) in [5, 5.41) is 4.06. The Bertz CT molecular complexity index is 485. The van der Waals surface area contributed by atoms with Crippen molar-refractivity contribution in [3.05, 3.63) is 41.7 Å². The maximum atomic E-state index is 6.02. The van der Waals surface area contributed by atoms with Crippen molar-refractivity contribution in [3.8, 4) is 11.3 Å². The lowest BCUT2D eigenvalue weighted by molar-refractivity contribution is 0.333. The van der Waals surface area contributed by atoms with Gasteiger partial charge in [0.15, 0.2) is 5.76 Å². The van der Waals surface area contributed by atoms with Gasteiger partial charge in [0, 0.05) is 11.6 Å². The summed E-state index contributed by atoms with van der Waals surface area (Å²) in [5.74, 6) is 1.09. The Morgan fingerprint density at radius 1 is 1.18 bits per heavy atom. The molecule has 1 unspecified atom stereocenters. The van der Waals surface area contributed by atoms with Crippen LogP contribution in [-0.2, 0) is 0 Å². The second-order valence-corrected chi connectivity index (χ2v) is 4.75. The first kappa shape index (κ1) is 11.9. The summed E-state index contributed by atoms with van der Waals surface area (Å²) < 4.78 is 5.30. The monoisotopic (exact) mass is 230 g/mol. The standard InChI is InChI=1S/C14H18N2O/c1-9(2)14(15)13-8-12(16-17-13)11-6-4-10(3)5-7-11/h4-9,14H,15H2,1-3H3. The summed E-state index contributed by atoms with van der Waals surface area (Å²) in [6, 6.07) is 10.0. The molecule has 17 heavy (non-hydrogen) atoms. The molecule has 0 aliphatic rings. The van der Waals surface area contributed by atoms with Crippen molar-refractivity contribution in [1.29, 1.82) is 0 Å². The van der Waals surface area contributed by atoms with Crippen molar-refractivity contribution in [2.45, 2.75) is 26.8 Å². The Morgan fingerprint density at radius 2 is 1.82 bits per heavy atom. The van der Waals surface area contributed by atoms with Crippen LogP contribution in [0.1, 0.15) is 31.2 Å². The van der Waals surface area contributed by atoms with E-state index >= 15 is 0 Å². The highest BCUT2D eigenvalue weighted by Gasteiger charge is 2.16. The summed E-state index contributed by atoms with van der Waals surface area (Å²) >= 11 is 0. The first-order valence-electron chi connectivity index (χ1n) is 5.87. The molecule has 1 aromatic heterocycles. The molecule has 3 heteroatoms. The minimum absolute atomic E-state index is 0.0956. The molecule has 0 saturated carbocycles. The van der Waals surface area contributed by atoms with E-state index in [0.29, 0.717) is 5.92 Å². The van der Waals surface area contributed by atoms with E-state index in [9.17, 15) is 0 Å². The summed E-state index contributed by atoms with van der Waals surface area (Å²) in [4.78, 5) is 0. The predicted octanol–water partition coefficient (Wildman–Crippen LogP) is 3.31. The molecule has 0 aliphatic heterocycles. The van der Waals surface area contributed by atoms with Crippen LogP contribution in [0.4, 0.5) is 0 Å². The fraction of sp³-hybridized carbons (Fsp3) is 0.357. The van der Waals surface area contributed by atoms with Gasteiger partial charge >= 0.3 is 0 Å². The normalized spacial score (nSPS) is 13.0. The second kappa shape index (κ2) is 4.72. The zero-order chi connectivity index (χ0) is 12.4. The highest BCUT2D eigenvalue weighted by molar-refractivity contribution is 5.59. The third kappa shape index (κ3) is 2.56. The van der Waals surface area contributed by atoms with E-state index in [1.807, 2.05) is 18.2 Å². The summed E-state index contributed by atoms with van der Waals surface area (Å²) in [6.07, 6.45) is 0. The van der Waals surface area contributed by atoms with Crippen LogP contribution >= 0.6 is 0 Å². The molecule has 2 N–H and O–H groups in total. The summed E-state index contributed by atoms with van der Waals surface area (Å²) in [6.45, 7) is 6.20. The number of aromatic nitrogens is 1.